The van der Waals surface area contributed by atoms with Crippen molar-refractivity contribution >= 4 is 17.2 Å². The molecule has 1 aliphatic rings. The number of aromatic nitrogens is 4. The van der Waals surface area contributed by atoms with Crippen molar-refractivity contribution in [3.63, 3.8) is 0 Å². The fourth-order valence-electron chi connectivity index (χ4n) is 4.74. The monoisotopic (exact) mass is 544 g/mol. The lowest BCUT2D eigenvalue weighted by Crippen LogP contribution is -2.26. The molecule has 0 N–H and O–H groups in total. The average molecular weight is 545 g/mol. The number of rotatable bonds is 5. The molecule has 2 atom stereocenters. The van der Waals surface area contributed by atoms with Crippen LogP contribution in [0.5, 0.6) is 0 Å². The highest BCUT2D eigenvalue weighted by molar-refractivity contribution is 6.30. The van der Waals surface area contributed by atoms with Gasteiger partial charge in [-0.1, -0.05) is 11.6 Å². The van der Waals surface area contributed by atoms with Crippen LogP contribution in [0.2, 0.25) is 5.02 Å². The third-order valence-corrected chi connectivity index (χ3v) is 7.13. The topological polar surface area (TPSA) is 78.5 Å². The van der Waals surface area contributed by atoms with Gasteiger partial charge < -0.3 is 9.30 Å². The lowest BCUT2D eigenvalue weighted by Gasteiger charge is -2.30. The first-order valence-electron chi connectivity index (χ1n) is 12.1. The Morgan fingerprint density at radius 3 is 2.66 bits per heavy atom. The van der Waals surface area contributed by atoms with Crippen LogP contribution < -0.4 is 11.1 Å². The first kappa shape index (κ1) is 26.1. The fraction of sp³-hybridized carbons (Fsp3) is 0.333. The molecule has 198 valence electrons. The third-order valence-electron chi connectivity index (χ3n) is 6.90. The van der Waals surface area contributed by atoms with Gasteiger partial charge in [-0.2, -0.15) is 0 Å². The second kappa shape index (κ2) is 10.3. The minimum atomic E-state index is -2.67. The lowest BCUT2D eigenvalue weighted by molar-refractivity contribution is 0.00401. The van der Waals surface area contributed by atoms with Gasteiger partial charge in [0.2, 0.25) is 0 Å². The number of hydrogen-bond acceptors (Lipinski definition) is 5. The highest BCUT2D eigenvalue weighted by atomic mass is 35.5. The molecule has 1 saturated heterocycles. The second-order valence-electron chi connectivity index (χ2n) is 9.38. The Kier molecular flexibility index (Phi) is 7.11. The number of alkyl halides is 2. The van der Waals surface area contributed by atoms with Gasteiger partial charge >= 0.3 is 0 Å². The summed E-state index contributed by atoms with van der Waals surface area (Å²) in [4.78, 5) is 34.5. The van der Waals surface area contributed by atoms with Crippen LogP contribution >= 0.6 is 11.6 Å². The number of nitrogens with zero attached hydrogens (tertiary/aromatic N) is 4. The van der Waals surface area contributed by atoms with Gasteiger partial charge in [0.1, 0.15) is 11.5 Å². The van der Waals surface area contributed by atoms with Gasteiger partial charge in [-0.05, 0) is 56.5 Å². The Morgan fingerprint density at radius 1 is 1.13 bits per heavy atom. The van der Waals surface area contributed by atoms with E-state index in [9.17, 15) is 18.4 Å². The average Bonchev–Trinajstić information content (AvgIpc) is 2.88. The maximum Gasteiger partial charge on any atom is 0.261 e. The zero-order chi connectivity index (χ0) is 27.1. The lowest BCUT2D eigenvalue weighted by atomic mass is 9.90. The van der Waals surface area contributed by atoms with Gasteiger partial charge in [-0.3, -0.25) is 14.0 Å². The summed E-state index contributed by atoms with van der Waals surface area (Å²) < 4.78 is 49.2. The number of hydrogen-bond donors (Lipinski definition) is 0. The summed E-state index contributed by atoms with van der Waals surface area (Å²) in [5.41, 5.74) is 1.91. The number of pyridine rings is 1. The van der Waals surface area contributed by atoms with Crippen molar-refractivity contribution in [2.75, 3.05) is 6.61 Å². The molecule has 0 bridgehead atoms. The molecule has 5 rings (SSSR count). The van der Waals surface area contributed by atoms with E-state index in [2.05, 4.69) is 4.98 Å². The minimum absolute atomic E-state index is 0.159. The predicted octanol–water partition coefficient (Wildman–Crippen LogP) is 5.23. The van der Waals surface area contributed by atoms with Gasteiger partial charge in [-0.25, -0.2) is 23.1 Å². The molecule has 4 heterocycles. The molecule has 0 saturated carbocycles. The molecular formula is C27H24ClF3N4O3. The Morgan fingerprint density at radius 2 is 1.92 bits per heavy atom. The van der Waals surface area contributed by atoms with Crippen molar-refractivity contribution < 1.29 is 17.9 Å². The summed E-state index contributed by atoms with van der Waals surface area (Å²) in [7, 11) is 0. The Hall–Kier alpha value is -3.50. The van der Waals surface area contributed by atoms with E-state index in [0.29, 0.717) is 42.0 Å². The molecule has 1 aromatic carbocycles. The van der Waals surface area contributed by atoms with Crippen LogP contribution in [0.3, 0.4) is 0 Å². The van der Waals surface area contributed by atoms with Gasteiger partial charge in [0, 0.05) is 52.8 Å². The van der Waals surface area contributed by atoms with Crippen LogP contribution in [0.15, 0.2) is 52.3 Å². The molecule has 11 heteroatoms. The molecule has 0 radical (unpaired) electrons. The maximum atomic E-state index is 15.0. The van der Waals surface area contributed by atoms with Crippen LogP contribution in [-0.4, -0.2) is 32.0 Å². The van der Waals surface area contributed by atoms with E-state index < -0.39 is 30.5 Å². The van der Waals surface area contributed by atoms with Gasteiger partial charge in [0.25, 0.3) is 17.5 Å². The Balaban J connectivity index is 1.60. The van der Waals surface area contributed by atoms with Crippen LogP contribution in [0.1, 0.15) is 47.4 Å². The molecule has 1 fully saturated rings. The molecule has 7 nitrogen and oxygen atoms in total. The first-order chi connectivity index (χ1) is 18.1. The number of ether oxygens (including phenoxy) is 1. The van der Waals surface area contributed by atoms with Crippen LogP contribution in [-0.2, 0) is 11.3 Å². The predicted molar refractivity (Wildman–Crippen MR) is 137 cm³/mol. The first-order valence-corrected chi connectivity index (χ1v) is 12.5. The van der Waals surface area contributed by atoms with Crippen molar-refractivity contribution in [3.05, 3.63) is 96.8 Å². The summed E-state index contributed by atoms with van der Waals surface area (Å²) in [5.74, 6) is -0.793. The summed E-state index contributed by atoms with van der Waals surface area (Å²) in [6, 6.07) is 7.05. The SMILES string of the molecule is Cc1nc2c(-c3ccc(Cl)cc3F)nc(C3CCOC(c4ccc(=O)n(CC(F)F)c4)C3)cn2c(=O)c1C. The standard InChI is InChI=1S/C27H24ClF3N4O3/c1-14-15(2)32-26-25(19-5-4-18(28)10-20(19)29)33-21(12-35(26)27(14)37)16-7-8-38-22(9-16)17-3-6-24(36)34(11-17)13-23(30)31/h3-6,10-12,16,22-23H,7-9,13H2,1-2H3. The number of benzene rings is 1. The summed E-state index contributed by atoms with van der Waals surface area (Å²) in [5, 5.41) is 0.226. The van der Waals surface area contributed by atoms with E-state index in [1.807, 2.05) is 0 Å². The Labute approximate surface area is 220 Å². The largest absolute Gasteiger partial charge is 0.373 e. The van der Waals surface area contributed by atoms with E-state index in [-0.39, 0.29) is 33.4 Å². The number of halogens is 4. The van der Waals surface area contributed by atoms with E-state index in [1.54, 1.807) is 32.2 Å². The van der Waals surface area contributed by atoms with Crippen molar-refractivity contribution in [2.45, 2.75) is 51.7 Å². The maximum absolute atomic E-state index is 15.0. The van der Waals surface area contributed by atoms with Crippen molar-refractivity contribution in [1.29, 1.82) is 0 Å². The van der Waals surface area contributed by atoms with Crippen LogP contribution in [0.25, 0.3) is 16.9 Å². The molecule has 1 aliphatic heterocycles. The molecule has 2 unspecified atom stereocenters. The quantitative estimate of drug-likeness (QED) is 0.344. The highest BCUT2D eigenvalue weighted by Gasteiger charge is 2.28. The molecule has 0 amide bonds. The molecule has 0 aliphatic carbocycles. The van der Waals surface area contributed by atoms with Gasteiger partial charge in [0.15, 0.2) is 5.65 Å². The smallest absolute Gasteiger partial charge is 0.261 e. The van der Waals surface area contributed by atoms with Crippen LogP contribution in [0.4, 0.5) is 13.2 Å². The Bertz CT molecular complexity index is 1650. The summed E-state index contributed by atoms with van der Waals surface area (Å²) in [6.45, 7) is 3.02. The molecule has 4 aromatic rings. The van der Waals surface area contributed by atoms with Crippen molar-refractivity contribution in [1.82, 2.24) is 18.9 Å². The van der Waals surface area contributed by atoms with Gasteiger partial charge in [-0.15, -0.1) is 0 Å². The minimum Gasteiger partial charge on any atom is -0.373 e. The van der Waals surface area contributed by atoms with E-state index >= 15 is 4.39 Å². The summed E-state index contributed by atoms with van der Waals surface area (Å²) in [6.07, 6.45) is 0.850. The van der Waals surface area contributed by atoms with E-state index in [4.69, 9.17) is 21.3 Å². The zero-order valence-corrected chi connectivity index (χ0v) is 21.4. The van der Waals surface area contributed by atoms with E-state index in [1.165, 1.54) is 28.8 Å². The molecule has 0 spiro atoms. The zero-order valence-electron chi connectivity index (χ0n) is 20.6. The third kappa shape index (κ3) is 4.98. The fourth-order valence-corrected chi connectivity index (χ4v) is 4.90. The highest BCUT2D eigenvalue weighted by Crippen LogP contribution is 2.38. The van der Waals surface area contributed by atoms with Crippen molar-refractivity contribution in [2.24, 2.45) is 0 Å². The molecule has 3 aromatic heterocycles. The number of fused-ring (bicyclic) bond motifs is 1. The normalized spacial score (nSPS) is 17.9. The van der Waals surface area contributed by atoms with Gasteiger partial charge in [0.05, 0.1) is 18.3 Å². The van der Waals surface area contributed by atoms with Crippen molar-refractivity contribution in [3.8, 4) is 11.3 Å². The number of aryl methyl sites for hydroxylation is 1. The summed E-state index contributed by atoms with van der Waals surface area (Å²) >= 11 is 5.96. The second-order valence-corrected chi connectivity index (χ2v) is 9.82. The van der Waals surface area contributed by atoms with Crippen LogP contribution in [0, 0.1) is 19.7 Å². The molecular weight excluding hydrogens is 521 g/mol. The van der Waals surface area contributed by atoms with E-state index in [0.717, 1.165) is 4.57 Å². The molecule has 38 heavy (non-hydrogen) atoms.